The van der Waals surface area contributed by atoms with Gasteiger partial charge < -0.3 is 23.1 Å². The van der Waals surface area contributed by atoms with E-state index in [-0.39, 0.29) is 0 Å². The zero-order valence-corrected chi connectivity index (χ0v) is 39.4. The zero-order valence-electron chi connectivity index (χ0n) is 39.4. The van der Waals surface area contributed by atoms with E-state index in [4.69, 9.17) is 13.3 Å². The Morgan fingerprint density at radius 1 is 0.296 bits per heavy atom. The third kappa shape index (κ3) is 6.52. The lowest BCUT2D eigenvalue weighted by Gasteiger charge is -2.26. The van der Waals surface area contributed by atoms with Crippen molar-refractivity contribution in [2.45, 2.75) is 63.2 Å². The smallest absolute Gasteiger partial charge is 0.159 e. The van der Waals surface area contributed by atoms with Gasteiger partial charge in [0.15, 0.2) is 11.2 Å². The van der Waals surface area contributed by atoms with E-state index >= 15 is 0 Å². The molecule has 10 aromatic carbocycles. The van der Waals surface area contributed by atoms with Crippen LogP contribution in [0.2, 0.25) is 0 Å². The van der Waals surface area contributed by atoms with Crippen molar-refractivity contribution in [2.75, 3.05) is 9.80 Å². The number of hydrogen-bond donors (Lipinski definition) is 0. The van der Waals surface area contributed by atoms with Crippen LogP contribution in [0.4, 0.5) is 34.1 Å². The molecule has 0 atom stereocenters. The third-order valence-electron chi connectivity index (χ3n) is 16.0. The van der Waals surface area contributed by atoms with Crippen molar-refractivity contribution in [1.82, 2.24) is 0 Å². The first-order valence-electron chi connectivity index (χ1n) is 25.6. The van der Waals surface area contributed by atoms with Gasteiger partial charge in [-0.3, -0.25) is 0 Å². The average molecular weight is 919 g/mol. The Morgan fingerprint density at radius 3 is 1.14 bits per heavy atom. The molecule has 0 bridgehead atoms. The van der Waals surface area contributed by atoms with Gasteiger partial charge in [-0.05, 0) is 155 Å². The minimum Gasteiger partial charge on any atom is -0.456 e. The molecule has 2 aliphatic rings. The van der Waals surface area contributed by atoms with Crippen LogP contribution in [-0.2, 0) is 0 Å². The van der Waals surface area contributed by atoms with Crippen molar-refractivity contribution in [3.05, 3.63) is 205 Å². The van der Waals surface area contributed by atoms with Crippen molar-refractivity contribution in [1.29, 1.82) is 0 Å². The molecule has 2 fully saturated rings. The summed E-state index contributed by atoms with van der Waals surface area (Å²) in [6.07, 6.45) is 10.0. The molecule has 0 aliphatic heterocycles. The van der Waals surface area contributed by atoms with Gasteiger partial charge in [0.05, 0.1) is 11.4 Å². The highest BCUT2D eigenvalue weighted by atomic mass is 16.3. The lowest BCUT2D eigenvalue weighted by atomic mass is 9.95. The molecule has 342 valence electrons. The van der Waals surface area contributed by atoms with Crippen LogP contribution < -0.4 is 9.80 Å². The summed E-state index contributed by atoms with van der Waals surface area (Å²) >= 11 is 0. The highest BCUT2D eigenvalue weighted by Gasteiger charge is 2.27. The Balaban J connectivity index is 0.863. The molecule has 0 saturated heterocycles. The minimum atomic E-state index is 0.548. The number of benzene rings is 10. The quantitative estimate of drug-likeness (QED) is 0.152. The maximum atomic E-state index is 7.03. The maximum absolute atomic E-state index is 7.03. The summed E-state index contributed by atoms with van der Waals surface area (Å²) in [5.41, 5.74) is 14.6. The van der Waals surface area contributed by atoms with Crippen LogP contribution in [-0.4, -0.2) is 0 Å². The summed E-state index contributed by atoms with van der Waals surface area (Å²) < 4.78 is 20.8. The van der Waals surface area contributed by atoms with Crippen LogP contribution in [0.3, 0.4) is 0 Å². The molecule has 3 aromatic heterocycles. The molecule has 0 unspecified atom stereocenters. The number of hydrogen-bond acceptors (Lipinski definition) is 5. The molecule has 0 amide bonds. The summed E-state index contributed by atoms with van der Waals surface area (Å²) in [7, 11) is 0. The summed E-state index contributed by atoms with van der Waals surface area (Å²) in [5.74, 6) is 1.10. The van der Waals surface area contributed by atoms with Gasteiger partial charge in [0.25, 0.3) is 0 Å². The second kappa shape index (κ2) is 16.1. The van der Waals surface area contributed by atoms with Gasteiger partial charge in [0, 0.05) is 55.1 Å². The van der Waals surface area contributed by atoms with Crippen molar-refractivity contribution in [2.24, 2.45) is 0 Å². The molecular weight excluding hydrogens is 869 g/mol. The number of rotatable bonds is 8. The van der Waals surface area contributed by atoms with Crippen molar-refractivity contribution >= 4 is 121 Å². The highest BCUT2D eigenvalue weighted by molar-refractivity contribution is 6.16. The van der Waals surface area contributed by atoms with E-state index < -0.39 is 0 Å². The Kier molecular flexibility index (Phi) is 9.23. The average Bonchev–Trinajstić information content (AvgIpc) is 4.29. The van der Waals surface area contributed by atoms with E-state index in [1.807, 2.05) is 0 Å². The predicted molar refractivity (Wildman–Crippen MR) is 295 cm³/mol. The van der Waals surface area contributed by atoms with Crippen molar-refractivity contribution < 1.29 is 13.3 Å². The third-order valence-corrected chi connectivity index (χ3v) is 16.0. The van der Waals surface area contributed by atoms with Crippen LogP contribution >= 0.6 is 0 Å². The van der Waals surface area contributed by atoms with Crippen LogP contribution in [0, 0.1) is 0 Å². The van der Waals surface area contributed by atoms with Gasteiger partial charge in [-0.25, -0.2) is 0 Å². The first kappa shape index (κ1) is 40.6. The van der Waals surface area contributed by atoms with E-state index in [0.717, 1.165) is 111 Å². The number of furan rings is 3. The number of para-hydroxylation sites is 6. The Hall–Kier alpha value is -8.28. The van der Waals surface area contributed by atoms with Crippen LogP contribution in [0.15, 0.2) is 207 Å². The fraction of sp³-hybridized carbons (Fsp3) is 0.152. The Morgan fingerprint density at radius 2 is 0.704 bits per heavy atom. The van der Waals surface area contributed by atoms with E-state index in [1.165, 1.54) is 73.3 Å². The van der Waals surface area contributed by atoms with Crippen molar-refractivity contribution in [3.63, 3.8) is 0 Å². The normalized spacial score (nSPS) is 14.8. The first-order chi connectivity index (χ1) is 35.2. The summed E-state index contributed by atoms with van der Waals surface area (Å²) in [6, 6.07) is 70.6. The van der Waals surface area contributed by atoms with Gasteiger partial charge in [0.2, 0.25) is 0 Å². The molecule has 5 nitrogen and oxygen atoms in total. The molecule has 0 N–H and O–H groups in total. The Labute approximate surface area is 411 Å². The van der Waals surface area contributed by atoms with Crippen LogP contribution in [0.5, 0.6) is 0 Å². The molecule has 2 saturated carbocycles. The number of nitrogens with zero attached hydrogens (tertiary/aromatic N) is 2. The van der Waals surface area contributed by atoms with E-state index in [2.05, 4.69) is 204 Å². The van der Waals surface area contributed by atoms with E-state index in [0.29, 0.717) is 11.8 Å². The second-order valence-corrected chi connectivity index (χ2v) is 20.1. The molecular formula is C66H50N2O3. The highest BCUT2D eigenvalue weighted by Crippen LogP contribution is 2.49. The predicted octanol–water partition coefficient (Wildman–Crippen LogP) is 19.9. The maximum Gasteiger partial charge on any atom is 0.159 e. The topological polar surface area (TPSA) is 45.9 Å². The monoisotopic (exact) mass is 918 g/mol. The summed E-state index contributed by atoms with van der Waals surface area (Å²) in [5, 5.41) is 11.4. The SMILES string of the molecule is c1ccc(N(c2ccc3cc4oc5cc6ccc(N(c7ccccc7)c7cccc8c7oc7c(C9CCCC9)cccc78)cc6cc5c4cc3c2)c2cccc3c2oc2c(C4CCCC4)cccc23)cc1. The molecule has 0 spiro atoms. The lowest BCUT2D eigenvalue weighted by Crippen LogP contribution is -2.10. The standard InChI is InChI=1S/C66H50N2O3/c1-3-19-47(20-4-1)67(59-29-13-27-55-53-25-11-23-51(41-15-7-8-16-41)63(53)70-65(55)59)49-33-31-43-39-61-57(37-45(43)35-49)58-38-46-36-50(34-32-44(46)40-62(58)69-61)68(48-21-5-2-6-22-48)60-30-14-28-56-54-26-12-24-52(42-17-9-10-18-42)64(54)71-66(56)60/h1-6,11-14,19-42H,7-10,15-18H2. The fourth-order valence-corrected chi connectivity index (χ4v) is 12.6. The summed E-state index contributed by atoms with van der Waals surface area (Å²) in [6.45, 7) is 0. The van der Waals surface area contributed by atoms with Gasteiger partial charge in [-0.1, -0.05) is 135 Å². The molecule has 5 heteroatoms. The molecule has 71 heavy (non-hydrogen) atoms. The molecule has 0 radical (unpaired) electrons. The molecule has 3 heterocycles. The van der Waals surface area contributed by atoms with Crippen molar-refractivity contribution in [3.8, 4) is 0 Å². The van der Waals surface area contributed by atoms with Gasteiger partial charge in [-0.2, -0.15) is 0 Å². The fourth-order valence-electron chi connectivity index (χ4n) is 12.6. The molecule has 2 aliphatic carbocycles. The number of anilines is 6. The van der Waals surface area contributed by atoms with Gasteiger partial charge >= 0.3 is 0 Å². The van der Waals surface area contributed by atoms with E-state index in [1.54, 1.807) is 0 Å². The van der Waals surface area contributed by atoms with Gasteiger partial charge in [-0.15, -0.1) is 0 Å². The minimum absolute atomic E-state index is 0.548. The zero-order chi connectivity index (χ0) is 46.6. The second-order valence-electron chi connectivity index (χ2n) is 20.1. The molecule has 13 aromatic rings. The summed E-state index contributed by atoms with van der Waals surface area (Å²) in [4.78, 5) is 4.70. The number of fused-ring (bicyclic) bond motifs is 11. The largest absolute Gasteiger partial charge is 0.456 e. The van der Waals surface area contributed by atoms with E-state index in [9.17, 15) is 0 Å². The lowest BCUT2D eigenvalue weighted by molar-refractivity contribution is 0.643. The van der Waals surface area contributed by atoms with Crippen LogP contribution in [0.1, 0.15) is 74.3 Å². The first-order valence-corrected chi connectivity index (χ1v) is 25.6. The molecule has 15 rings (SSSR count). The Bertz CT molecular complexity index is 3940. The van der Waals surface area contributed by atoms with Gasteiger partial charge in [0.1, 0.15) is 22.3 Å². The van der Waals surface area contributed by atoms with Crippen LogP contribution in [0.25, 0.3) is 87.4 Å².